The highest BCUT2D eigenvalue weighted by Crippen LogP contribution is 2.53. The van der Waals surface area contributed by atoms with E-state index in [0.29, 0.717) is 0 Å². The second kappa shape index (κ2) is 10.8. The Kier molecular flexibility index (Phi) is 7.92. The zero-order chi connectivity index (χ0) is 31.5. The van der Waals surface area contributed by atoms with Crippen molar-refractivity contribution in [1.82, 2.24) is 0 Å². The number of methoxy groups -OCH3 is 2. The van der Waals surface area contributed by atoms with Gasteiger partial charge in [0.15, 0.2) is 22.4 Å². The van der Waals surface area contributed by atoms with Gasteiger partial charge in [-0.3, -0.25) is 19.2 Å². The van der Waals surface area contributed by atoms with Crippen LogP contribution in [0.2, 0.25) is 0 Å². The second-order valence-corrected chi connectivity index (χ2v) is 11.2. The smallest absolute Gasteiger partial charge is 0.232 e. The number of aromatic hydroxyl groups is 4. The Labute approximate surface area is 241 Å². The van der Waals surface area contributed by atoms with Gasteiger partial charge in [0.05, 0.1) is 13.2 Å². The summed E-state index contributed by atoms with van der Waals surface area (Å²) < 4.78 is 10.4. The normalized spacial score (nSPS) is 12.0. The average Bonchev–Trinajstić information content (AvgIpc) is 2.92. The average molecular weight is 579 g/mol. The van der Waals surface area contributed by atoms with Crippen molar-refractivity contribution in [2.24, 2.45) is 0 Å². The Hall–Kier alpha value is -4.28. The lowest BCUT2D eigenvalue weighted by Gasteiger charge is -2.24. The number of ether oxygens (including phenoxy) is 2. The van der Waals surface area contributed by atoms with Gasteiger partial charge in [-0.1, -0.05) is 27.7 Å². The lowest BCUT2D eigenvalue weighted by Crippen LogP contribution is -2.38. The van der Waals surface area contributed by atoms with Crippen molar-refractivity contribution in [2.75, 3.05) is 14.2 Å². The summed E-state index contributed by atoms with van der Waals surface area (Å²) in [6.45, 7) is 8.87. The van der Waals surface area contributed by atoms with Crippen LogP contribution >= 0.6 is 0 Å². The highest BCUT2D eigenvalue weighted by atomic mass is 16.5. The van der Waals surface area contributed by atoms with Crippen molar-refractivity contribution < 1.29 is 29.9 Å². The van der Waals surface area contributed by atoms with Crippen molar-refractivity contribution in [3.8, 4) is 45.3 Å². The highest BCUT2D eigenvalue weighted by molar-refractivity contribution is 6.07. The molecule has 0 amide bonds. The molecule has 0 aliphatic heterocycles. The second-order valence-electron chi connectivity index (χ2n) is 11.2. The fourth-order valence-electron chi connectivity index (χ4n) is 6.05. The van der Waals surface area contributed by atoms with Crippen LogP contribution in [-0.2, 0) is 22.7 Å². The minimum atomic E-state index is -0.953. The molecule has 4 N–H and O–H groups in total. The molecule has 42 heavy (non-hydrogen) atoms. The zero-order valence-electron chi connectivity index (χ0n) is 24.8. The molecule has 0 heterocycles. The molecule has 0 saturated carbocycles. The maximum Gasteiger partial charge on any atom is 0.232 e. The van der Waals surface area contributed by atoms with Crippen molar-refractivity contribution in [2.45, 2.75) is 66.6 Å². The van der Waals surface area contributed by atoms with Gasteiger partial charge in [-0.05, 0) is 25.7 Å². The summed E-state index contributed by atoms with van der Waals surface area (Å²) in [5.74, 6) is -2.95. The number of rotatable bonds is 7. The van der Waals surface area contributed by atoms with E-state index in [-0.39, 0.29) is 78.8 Å². The topological polar surface area (TPSA) is 168 Å². The summed E-state index contributed by atoms with van der Waals surface area (Å²) in [7, 11) is 2.62. The van der Waals surface area contributed by atoms with Crippen molar-refractivity contribution in [3.63, 3.8) is 0 Å². The molecular weight excluding hydrogens is 544 g/mol. The molecule has 0 spiro atoms. The van der Waals surface area contributed by atoms with Gasteiger partial charge < -0.3 is 29.9 Å². The molecule has 2 aromatic rings. The molecule has 2 aliphatic carbocycles. The Balaban J connectivity index is 2.38. The van der Waals surface area contributed by atoms with Crippen LogP contribution in [0.4, 0.5) is 0 Å². The van der Waals surface area contributed by atoms with Gasteiger partial charge in [-0.2, -0.15) is 0 Å². The fourth-order valence-corrected chi connectivity index (χ4v) is 6.05. The molecule has 0 atom stereocenters. The fraction of sp³-hybridized carbons (Fsp3) is 0.375. The Bertz CT molecular complexity index is 1940. The van der Waals surface area contributed by atoms with Crippen molar-refractivity contribution >= 4 is 10.8 Å². The molecule has 0 radical (unpaired) electrons. The van der Waals surface area contributed by atoms with Gasteiger partial charge in [-0.15, -0.1) is 0 Å². The third kappa shape index (κ3) is 4.16. The van der Waals surface area contributed by atoms with Crippen LogP contribution in [0.15, 0.2) is 19.2 Å². The van der Waals surface area contributed by atoms with E-state index in [2.05, 4.69) is 0 Å². The quantitative estimate of drug-likeness (QED) is 0.143. The largest absolute Gasteiger partial charge is 0.507 e. The molecule has 2 aromatic carbocycles. The number of benzene rings is 4. The third-order valence-corrected chi connectivity index (χ3v) is 7.95. The lowest BCUT2D eigenvalue weighted by atomic mass is 9.80. The van der Waals surface area contributed by atoms with Gasteiger partial charge >= 0.3 is 0 Å². The summed E-state index contributed by atoms with van der Waals surface area (Å²) in [6.07, 6.45) is 0. The molecule has 0 aromatic heterocycles. The number of phenolic OH excluding ortho intramolecular Hbond substituents is 4. The van der Waals surface area contributed by atoms with E-state index in [1.807, 2.05) is 0 Å². The van der Waals surface area contributed by atoms with Crippen LogP contribution in [0.1, 0.15) is 72.9 Å². The molecule has 0 unspecified atom stereocenters. The Morgan fingerprint density at radius 3 is 1.60 bits per heavy atom. The maximum atomic E-state index is 14.4. The molecule has 2 aliphatic rings. The molecule has 0 fully saturated rings. The van der Waals surface area contributed by atoms with Gasteiger partial charge in [0.25, 0.3) is 0 Å². The number of hydrogen-bond donors (Lipinski definition) is 4. The lowest BCUT2D eigenvalue weighted by molar-refractivity contribution is 0.182. The molecule has 0 bridgehead atoms. The predicted molar refractivity (Wildman–Crippen MR) is 159 cm³/mol. The number of phenols is 4. The molecule has 10 heteroatoms. The zero-order valence-corrected chi connectivity index (χ0v) is 24.8. The van der Waals surface area contributed by atoms with Gasteiger partial charge in [-0.25, -0.2) is 0 Å². The van der Waals surface area contributed by atoms with Crippen LogP contribution < -0.4 is 21.7 Å². The van der Waals surface area contributed by atoms with E-state index in [1.165, 1.54) is 28.1 Å². The molecule has 10 nitrogen and oxygen atoms in total. The summed E-state index contributed by atoms with van der Waals surface area (Å²) in [4.78, 5) is 54.5. The van der Waals surface area contributed by atoms with Crippen LogP contribution in [0.25, 0.3) is 33.0 Å². The van der Waals surface area contributed by atoms with Crippen LogP contribution in [0.5, 0.6) is 23.0 Å². The first-order valence-electron chi connectivity index (χ1n) is 13.4. The van der Waals surface area contributed by atoms with E-state index in [4.69, 9.17) is 9.47 Å². The monoisotopic (exact) mass is 578 g/mol. The van der Waals surface area contributed by atoms with E-state index in [0.717, 1.165) is 0 Å². The Morgan fingerprint density at radius 1 is 0.524 bits per heavy atom. The molecule has 4 rings (SSSR count). The van der Waals surface area contributed by atoms with Crippen LogP contribution in [-0.4, -0.2) is 34.6 Å². The maximum absolute atomic E-state index is 14.4. The number of hydrogen-bond acceptors (Lipinski definition) is 10. The molecule has 222 valence electrons. The summed E-state index contributed by atoms with van der Waals surface area (Å²) >= 11 is 0. The van der Waals surface area contributed by atoms with Crippen molar-refractivity contribution in [3.05, 3.63) is 74.3 Å². The van der Waals surface area contributed by atoms with E-state index >= 15 is 0 Å². The van der Waals surface area contributed by atoms with E-state index in [9.17, 15) is 39.6 Å². The minimum Gasteiger partial charge on any atom is -0.507 e. The standard InChI is InChI=1S/C32H34O10/c1-11(2)17-23-21(15(9-41-7)27(35)31(17)39)29(37)19(13(5)25(23)33)20-14(6)26(34)24-18(12(3)4)32(40)28(36)16(10-42-8)22(24)30(20)38/h11-12,33,35,37,39H,9-10H2,1-8H3. The SMILES string of the molecule is COCc1c2c(=O)c(-c3c(C)c(O)c4c(C(C)C)c(O)c(O)c(COC)c4c3O)c(C)c(=O)c-2c(C(C)C)c(=O)c1=O. The van der Waals surface area contributed by atoms with E-state index in [1.54, 1.807) is 27.7 Å². The molecular formula is C32H34O10. The minimum absolute atomic E-state index is 0.0227. The Morgan fingerprint density at radius 2 is 1.07 bits per heavy atom. The summed E-state index contributed by atoms with van der Waals surface area (Å²) in [5, 5.41) is 45.1. The summed E-state index contributed by atoms with van der Waals surface area (Å²) in [5.41, 5.74) is -4.51. The van der Waals surface area contributed by atoms with E-state index < -0.39 is 57.4 Å². The third-order valence-electron chi connectivity index (χ3n) is 7.95. The van der Waals surface area contributed by atoms with Gasteiger partial charge in [0.1, 0.15) is 11.5 Å². The van der Waals surface area contributed by atoms with Gasteiger partial charge in [0.2, 0.25) is 10.9 Å². The van der Waals surface area contributed by atoms with Gasteiger partial charge in [0, 0.05) is 80.6 Å². The first kappa shape index (κ1) is 30.7. The molecule has 0 saturated heterocycles. The first-order chi connectivity index (χ1) is 19.6. The van der Waals surface area contributed by atoms with Crippen LogP contribution in [0, 0.1) is 13.8 Å². The van der Waals surface area contributed by atoms with Crippen molar-refractivity contribution in [1.29, 1.82) is 0 Å². The first-order valence-corrected chi connectivity index (χ1v) is 13.4. The number of fused-ring (bicyclic) bond motifs is 2. The van der Waals surface area contributed by atoms with Crippen LogP contribution in [0.3, 0.4) is 0 Å². The predicted octanol–water partition coefficient (Wildman–Crippen LogP) is 3.91. The highest BCUT2D eigenvalue weighted by Gasteiger charge is 2.34. The summed E-state index contributed by atoms with van der Waals surface area (Å²) in [6, 6.07) is 0.